The summed E-state index contributed by atoms with van der Waals surface area (Å²) in [5, 5.41) is 3.34. The SMILES string of the molecule is CCc1ccccc1Nc1ccc(C(=O)N2CCN(c3ccccn3)CC2)cn1. The number of nitrogens with zero attached hydrogens (tertiary/aromatic N) is 4. The molecule has 4 rings (SSSR count). The van der Waals surface area contributed by atoms with Crippen molar-refractivity contribution in [3.05, 3.63) is 78.1 Å². The Hall–Kier alpha value is -3.41. The molecule has 1 aliphatic heterocycles. The predicted molar refractivity (Wildman–Crippen MR) is 116 cm³/mol. The highest BCUT2D eigenvalue weighted by Crippen LogP contribution is 2.20. The van der Waals surface area contributed by atoms with E-state index in [4.69, 9.17) is 0 Å². The van der Waals surface area contributed by atoms with E-state index in [1.54, 1.807) is 12.4 Å². The summed E-state index contributed by atoms with van der Waals surface area (Å²) in [4.78, 5) is 25.8. The van der Waals surface area contributed by atoms with Crippen molar-refractivity contribution in [3.63, 3.8) is 0 Å². The Morgan fingerprint density at radius 1 is 0.966 bits per heavy atom. The molecule has 0 saturated carbocycles. The van der Waals surface area contributed by atoms with E-state index in [9.17, 15) is 4.79 Å². The van der Waals surface area contributed by atoms with Gasteiger partial charge in [-0.1, -0.05) is 31.2 Å². The number of piperazine rings is 1. The highest BCUT2D eigenvalue weighted by molar-refractivity contribution is 5.94. The van der Waals surface area contributed by atoms with Gasteiger partial charge in [0.05, 0.1) is 5.56 Å². The van der Waals surface area contributed by atoms with E-state index in [1.807, 2.05) is 53.4 Å². The maximum absolute atomic E-state index is 12.8. The Bertz CT molecular complexity index is 951. The fourth-order valence-corrected chi connectivity index (χ4v) is 3.54. The van der Waals surface area contributed by atoms with Gasteiger partial charge in [0, 0.05) is 44.3 Å². The third kappa shape index (κ3) is 4.37. The molecule has 1 fully saturated rings. The molecular formula is C23H25N5O. The molecule has 29 heavy (non-hydrogen) atoms. The molecule has 0 aliphatic carbocycles. The van der Waals surface area contributed by atoms with Crippen LogP contribution in [0.2, 0.25) is 0 Å². The average molecular weight is 387 g/mol. The molecular weight excluding hydrogens is 362 g/mol. The third-order valence-electron chi connectivity index (χ3n) is 5.21. The van der Waals surface area contributed by atoms with E-state index in [1.165, 1.54) is 5.56 Å². The van der Waals surface area contributed by atoms with Crippen LogP contribution in [-0.2, 0) is 6.42 Å². The maximum Gasteiger partial charge on any atom is 0.255 e. The standard InChI is InChI=1S/C23H25N5O/c1-2-18-7-3-4-8-20(18)26-21-11-10-19(17-25-21)23(29)28-15-13-27(14-16-28)22-9-5-6-12-24-22/h3-12,17H,2,13-16H2,1H3,(H,25,26). The van der Waals surface area contributed by atoms with E-state index in [0.29, 0.717) is 18.7 Å². The first-order valence-corrected chi connectivity index (χ1v) is 10.0. The maximum atomic E-state index is 12.8. The van der Waals surface area contributed by atoms with E-state index >= 15 is 0 Å². The van der Waals surface area contributed by atoms with Crippen LogP contribution in [0.15, 0.2) is 67.0 Å². The highest BCUT2D eigenvalue weighted by atomic mass is 16.2. The Labute approximate surface area is 171 Å². The van der Waals surface area contributed by atoms with Crippen molar-refractivity contribution in [2.45, 2.75) is 13.3 Å². The lowest BCUT2D eigenvalue weighted by atomic mass is 10.1. The van der Waals surface area contributed by atoms with Crippen molar-refractivity contribution in [3.8, 4) is 0 Å². The minimum absolute atomic E-state index is 0.0266. The number of rotatable bonds is 5. The summed E-state index contributed by atoms with van der Waals surface area (Å²) < 4.78 is 0. The molecule has 1 saturated heterocycles. The molecule has 2 aromatic heterocycles. The van der Waals surface area contributed by atoms with Gasteiger partial charge in [-0.3, -0.25) is 4.79 Å². The quantitative estimate of drug-likeness (QED) is 0.723. The smallest absolute Gasteiger partial charge is 0.255 e. The summed E-state index contributed by atoms with van der Waals surface area (Å²) in [6.07, 6.45) is 4.40. The lowest BCUT2D eigenvalue weighted by Crippen LogP contribution is -2.49. The van der Waals surface area contributed by atoms with Crippen LogP contribution >= 0.6 is 0 Å². The third-order valence-corrected chi connectivity index (χ3v) is 5.21. The first-order chi connectivity index (χ1) is 14.2. The summed E-state index contributed by atoms with van der Waals surface area (Å²) in [5.74, 6) is 1.73. The molecule has 1 N–H and O–H groups in total. The number of carbonyl (C=O) groups is 1. The molecule has 148 valence electrons. The summed E-state index contributed by atoms with van der Waals surface area (Å²) in [6, 6.07) is 17.8. The van der Waals surface area contributed by atoms with Gasteiger partial charge in [0.1, 0.15) is 11.6 Å². The van der Waals surface area contributed by atoms with Crippen molar-refractivity contribution < 1.29 is 4.79 Å². The number of hydrogen-bond donors (Lipinski definition) is 1. The number of hydrogen-bond acceptors (Lipinski definition) is 5. The van der Waals surface area contributed by atoms with Crippen LogP contribution in [0.25, 0.3) is 0 Å². The van der Waals surface area contributed by atoms with Gasteiger partial charge >= 0.3 is 0 Å². The van der Waals surface area contributed by atoms with Gasteiger partial charge in [-0.2, -0.15) is 0 Å². The number of para-hydroxylation sites is 1. The van der Waals surface area contributed by atoms with Crippen molar-refractivity contribution >= 4 is 23.2 Å². The first-order valence-electron chi connectivity index (χ1n) is 10.0. The van der Waals surface area contributed by atoms with Gasteiger partial charge < -0.3 is 15.1 Å². The fraction of sp³-hybridized carbons (Fsp3) is 0.261. The average Bonchev–Trinajstić information content (AvgIpc) is 2.80. The fourth-order valence-electron chi connectivity index (χ4n) is 3.54. The molecule has 0 atom stereocenters. The minimum atomic E-state index is 0.0266. The number of nitrogens with one attached hydrogen (secondary N) is 1. The number of aromatic nitrogens is 2. The van der Waals surface area contributed by atoms with E-state index in [0.717, 1.165) is 36.8 Å². The number of amides is 1. The lowest BCUT2D eigenvalue weighted by Gasteiger charge is -2.35. The highest BCUT2D eigenvalue weighted by Gasteiger charge is 2.23. The monoisotopic (exact) mass is 387 g/mol. The first kappa shape index (κ1) is 18.9. The Morgan fingerprint density at radius 3 is 2.45 bits per heavy atom. The molecule has 0 spiro atoms. The minimum Gasteiger partial charge on any atom is -0.353 e. The Kier molecular flexibility index (Phi) is 5.70. The summed E-state index contributed by atoms with van der Waals surface area (Å²) in [6.45, 7) is 5.05. The summed E-state index contributed by atoms with van der Waals surface area (Å²) >= 11 is 0. The molecule has 0 unspecified atom stereocenters. The molecule has 0 radical (unpaired) electrons. The normalized spacial score (nSPS) is 14.0. The van der Waals surface area contributed by atoms with E-state index < -0.39 is 0 Å². The molecule has 0 bridgehead atoms. The summed E-state index contributed by atoms with van der Waals surface area (Å²) in [7, 11) is 0. The number of carbonyl (C=O) groups excluding carboxylic acids is 1. The zero-order valence-corrected chi connectivity index (χ0v) is 16.6. The van der Waals surface area contributed by atoms with Gasteiger partial charge in [0.25, 0.3) is 5.91 Å². The lowest BCUT2D eigenvalue weighted by molar-refractivity contribution is 0.0746. The molecule has 3 heterocycles. The molecule has 1 aromatic carbocycles. The van der Waals surface area contributed by atoms with Gasteiger partial charge in [0.15, 0.2) is 0 Å². The van der Waals surface area contributed by atoms with Crippen LogP contribution in [0.3, 0.4) is 0 Å². The topological polar surface area (TPSA) is 61.4 Å². The van der Waals surface area contributed by atoms with Crippen LogP contribution < -0.4 is 10.2 Å². The van der Waals surface area contributed by atoms with Gasteiger partial charge in [-0.25, -0.2) is 9.97 Å². The second kappa shape index (κ2) is 8.73. The molecule has 6 nitrogen and oxygen atoms in total. The van der Waals surface area contributed by atoms with Gasteiger partial charge in [-0.05, 0) is 42.3 Å². The van der Waals surface area contributed by atoms with E-state index in [2.05, 4.69) is 33.2 Å². The molecule has 6 heteroatoms. The van der Waals surface area contributed by atoms with Crippen LogP contribution in [0.5, 0.6) is 0 Å². The summed E-state index contributed by atoms with van der Waals surface area (Å²) in [5.41, 5.74) is 2.90. The number of anilines is 3. The number of aryl methyl sites for hydroxylation is 1. The van der Waals surface area contributed by atoms with Crippen LogP contribution in [0, 0.1) is 0 Å². The van der Waals surface area contributed by atoms with E-state index in [-0.39, 0.29) is 5.91 Å². The largest absolute Gasteiger partial charge is 0.353 e. The second-order valence-corrected chi connectivity index (χ2v) is 7.04. The van der Waals surface area contributed by atoms with Crippen LogP contribution in [-0.4, -0.2) is 47.0 Å². The zero-order valence-electron chi connectivity index (χ0n) is 16.6. The van der Waals surface area contributed by atoms with Crippen LogP contribution in [0.1, 0.15) is 22.8 Å². The zero-order chi connectivity index (χ0) is 20.1. The van der Waals surface area contributed by atoms with Crippen molar-refractivity contribution in [1.82, 2.24) is 14.9 Å². The second-order valence-electron chi connectivity index (χ2n) is 7.04. The van der Waals surface area contributed by atoms with Gasteiger partial charge in [-0.15, -0.1) is 0 Å². The van der Waals surface area contributed by atoms with Crippen molar-refractivity contribution in [1.29, 1.82) is 0 Å². The molecule has 3 aromatic rings. The Morgan fingerprint density at radius 2 is 1.76 bits per heavy atom. The van der Waals surface area contributed by atoms with Crippen LogP contribution in [0.4, 0.5) is 17.3 Å². The number of benzene rings is 1. The predicted octanol–water partition coefficient (Wildman–Crippen LogP) is 3.75. The number of pyridine rings is 2. The molecule has 1 aliphatic rings. The van der Waals surface area contributed by atoms with Crippen molar-refractivity contribution in [2.75, 3.05) is 36.4 Å². The Balaban J connectivity index is 1.37. The van der Waals surface area contributed by atoms with Crippen molar-refractivity contribution in [2.24, 2.45) is 0 Å². The van der Waals surface area contributed by atoms with Gasteiger partial charge in [0.2, 0.25) is 0 Å². The molecule has 1 amide bonds.